The number of unbranched alkanes of at least 4 members (excludes halogenated alkanes) is 18. The van der Waals surface area contributed by atoms with Gasteiger partial charge in [0.25, 0.3) is 0 Å². The lowest BCUT2D eigenvalue weighted by Gasteiger charge is -2.41. The summed E-state index contributed by atoms with van der Waals surface area (Å²) in [7, 11) is -5.11. The van der Waals surface area contributed by atoms with E-state index in [1.165, 1.54) is 57.8 Å². The van der Waals surface area contributed by atoms with Gasteiger partial charge in [0.05, 0.1) is 25.4 Å². The molecule has 324 valence electrons. The molecule has 1 amide bonds. The van der Waals surface area contributed by atoms with Crippen LogP contribution in [-0.2, 0) is 28.9 Å². The number of rotatable bonds is 35. The van der Waals surface area contributed by atoms with Gasteiger partial charge in [0.1, 0.15) is 30.5 Å². The summed E-state index contributed by atoms with van der Waals surface area (Å²) >= 11 is 0. The van der Waals surface area contributed by atoms with Crippen LogP contribution in [0.5, 0.6) is 0 Å². The maximum Gasteiger partial charge on any atom is 0.397 e. The van der Waals surface area contributed by atoms with Crippen LogP contribution in [0.15, 0.2) is 24.3 Å². The maximum atomic E-state index is 13.1. The molecule has 0 radical (unpaired) electrons. The molecular weight excluding hydrogens is 731 g/mol. The highest BCUT2D eigenvalue weighted by Gasteiger charge is 2.48. The summed E-state index contributed by atoms with van der Waals surface area (Å²) in [5.41, 5.74) is 0. The summed E-state index contributed by atoms with van der Waals surface area (Å²) in [6, 6.07) is -1.03. The third kappa shape index (κ3) is 25.5. The quantitative estimate of drug-likeness (QED) is 0.0212. The molecule has 0 saturated carbocycles. The standard InChI is InChI=1S/C41H77NO12S/c1-3-5-7-9-11-13-15-16-17-18-19-20-22-24-26-28-30-35(45)40(48)42-33(34(44)29-27-25-23-21-14-12-10-8-6-4-2)32-52-41-38(47)39(54-55(49,50)51)37(46)36(31-43)53-41/h11,13,16-17,33-39,41,43-47H,3-10,12,14-15,18-32H2,1-2H3,(H,42,48)(H,49,50,51)/b13-11-,17-16-. The van der Waals surface area contributed by atoms with Gasteiger partial charge < -0.3 is 40.3 Å². The van der Waals surface area contributed by atoms with Crippen LogP contribution < -0.4 is 5.32 Å². The van der Waals surface area contributed by atoms with Gasteiger partial charge >= 0.3 is 10.4 Å². The fraction of sp³-hybridized carbons (Fsp3) is 0.878. The van der Waals surface area contributed by atoms with E-state index >= 15 is 0 Å². The minimum Gasteiger partial charge on any atom is -0.394 e. The molecule has 0 aromatic carbocycles. The molecule has 0 aliphatic carbocycles. The topological polar surface area (TPSA) is 212 Å². The predicted molar refractivity (Wildman–Crippen MR) is 215 cm³/mol. The molecule has 55 heavy (non-hydrogen) atoms. The molecule has 1 aliphatic heterocycles. The molecule has 0 aromatic heterocycles. The maximum absolute atomic E-state index is 13.1. The molecule has 13 nitrogen and oxygen atoms in total. The second-order valence-corrected chi connectivity index (χ2v) is 16.1. The summed E-state index contributed by atoms with van der Waals surface area (Å²) in [6.45, 7) is 3.20. The number of amides is 1. The summed E-state index contributed by atoms with van der Waals surface area (Å²) in [5.74, 6) is -0.681. The Hall–Kier alpha value is -1.46. The Morgan fingerprint density at radius 1 is 0.727 bits per heavy atom. The van der Waals surface area contributed by atoms with E-state index in [4.69, 9.17) is 14.0 Å². The fourth-order valence-corrected chi connectivity index (χ4v) is 7.18. The van der Waals surface area contributed by atoms with E-state index < -0.39 is 78.5 Å². The number of hydrogen-bond donors (Lipinski definition) is 7. The summed E-state index contributed by atoms with van der Waals surface area (Å²) in [6.07, 6.45) is 22.3. The number of ether oxygens (including phenoxy) is 2. The first-order valence-electron chi connectivity index (χ1n) is 21.3. The molecule has 7 N–H and O–H groups in total. The van der Waals surface area contributed by atoms with E-state index in [1.54, 1.807) is 0 Å². The van der Waals surface area contributed by atoms with Crippen molar-refractivity contribution in [3.63, 3.8) is 0 Å². The van der Waals surface area contributed by atoms with Crippen LogP contribution in [-0.4, -0.2) is 107 Å². The Kier molecular flexibility index (Phi) is 30.5. The molecule has 14 heteroatoms. The number of carbonyl (C=O) groups is 1. The monoisotopic (exact) mass is 808 g/mol. The van der Waals surface area contributed by atoms with Crippen LogP contribution >= 0.6 is 0 Å². The molecule has 0 aromatic rings. The Balaban J connectivity index is 2.59. The van der Waals surface area contributed by atoms with Crippen LogP contribution in [0.1, 0.15) is 168 Å². The number of nitrogens with one attached hydrogen (secondary N) is 1. The van der Waals surface area contributed by atoms with Crippen LogP contribution in [0, 0.1) is 0 Å². The number of carbonyl (C=O) groups excluding carboxylic acids is 1. The van der Waals surface area contributed by atoms with E-state index in [2.05, 4.69) is 47.7 Å². The van der Waals surface area contributed by atoms with Gasteiger partial charge in [-0.2, -0.15) is 8.42 Å². The van der Waals surface area contributed by atoms with Gasteiger partial charge in [0, 0.05) is 0 Å². The molecule has 0 spiro atoms. The molecule has 8 atom stereocenters. The first-order chi connectivity index (χ1) is 26.4. The van der Waals surface area contributed by atoms with E-state index in [9.17, 15) is 38.7 Å². The van der Waals surface area contributed by atoms with Gasteiger partial charge in [-0.25, -0.2) is 4.18 Å². The van der Waals surface area contributed by atoms with Crippen molar-refractivity contribution in [2.24, 2.45) is 0 Å². The van der Waals surface area contributed by atoms with Gasteiger partial charge in [-0.1, -0.05) is 147 Å². The van der Waals surface area contributed by atoms with Crippen molar-refractivity contribution in [3.8, 4) is 0 Å². The Bertz CT molecular complexity index is 1110. The summed E-state index contributed by atoms with van der Waals surface area (Å²) in [4.78, 5) is 13.1. The second kappa shape index (κ2) is 32.5. The fourth-order valence-electron chi connectivity index (χ4n) is 6.67. The van der Waals surface area contributed by atoms with E-state index in [0.717, 1.165) is 70.6 Å². The average molecular weight is 808 g/mol. The predicted octanol–water partition coefficient (Wildman–Crippen LogP) is 6.35. The molecule has 1 aliphatic rings. The number of aliphatic hydroxyl groups is 5. The van der Waals surface area contributed by atoms with Crippen molar-refractivity contribution >= 4 is 16.3 Å². The van der Waals surface area contributed by atoms with Crippen LogP contribution in [0.2, 0.25) is 0 Å². The highest BCUT2D eigenvalue weighted by atomic mass is 32.3. The normalized spacial score (nSPS) is 22.4. The van der Waals surface area contributed by atoms with Crippen LogP contribution in [0.25, 0.3) is 0 Å². The molecule has 1 saturated heterocycles. The largest absolute Gasteiger partial charge is 0.397 e. The van der Waals surface area contributed by atoms with Gasteiger partial charge in [0.2, 0.25) is 5.91 Å². The third-order valence-electron chi connectivity index (χ3n) is 10.1. The van der Waals surface area contributed by atoms with Crippen molar-refractivity contribution in [1.29, 1.82) is 0 Å². The number of hydrogen-bond acceptors (Lipinski definition) is 11. The van der Waals surface area contributed by atoms with Gasteiger partial charge in [-0.05, 0) is 44.9 Å². The first kappa shape index (κ1) is 51.6. The van der Waals surface area contributed by atoms with Crippen molar-refractivity contribution in [2.45, 2.75) is 217 Å². The smallest absolute Gasteiger partial charge is 0.394 e. The lowest BCUT2D eigenvalue weighted by atomic mass is 9.99. The summed E-state index contributed by atoms with van der Waals surface area (Å²) < 4.78 is 47.4. The lowest BCUT2D eigenvalue weighted by molar-refractivity contribution is -0.298. The molecule has 1 rings (SSSR count). The zero-order valence-corrected chi connectivity index (χ0v) is 34.7. The van der Waals surface area contributed by atoms with Gasteiger partial charge in [-0.3, -0.25) is 9.35 Å². The molecule has 1 heterocycles. The van der Waals surface area contributed by atoms with Crippen molar-refractivity contribution in [3.05, 3.63) is 24.3 Å². The third-order valence-corrected chi connectivity index (χ3v) is 10.6. The second-order valence-electron chi connectivity index (χ2n) is 15.1. The van der Waals surface area contributed by atoms with Gasteiger partial charge in [0.15, 0.2) is 6.29 Å². The number of allylic oxidation sites excluding steroid dienone is 4. The Morgan fingerprint density at radius 3 is 1.76 bits per heavy atom. The number of aliphatic hydroxyl groups excluding tert-OH is 5. The highest BCUT2D eigenvalue weighted by molar-refractivity contribution is 7.80. The summed E-state index contributed by atoms with van der Waals surface area (Å²) in [5, 5.41) is 55.1. The minimum absolute atomic E-state index is 0.248. The SMILES string of the molecule is CCCCC/C=C\C/C=C\CCCCCCCCC(O)C(=O)NC(COC1OC(CO)C(O)C(OS(=O)(=O)O)C1O)C(O)CCCCCCCCCCCC. The van der Waals surface area contributed by atoms with Gasteiger partial charge in [-0.15, -0.1) is 0 Å². The average Bonchev–Trinajstić information content (AvgIpc) is 3.15. The minimum atomic E-state index is -5.11. The van der Waals surface area contributed by atoms with Crippen LogP contribution in [0.3, 0.4) is 0 Å². The zero-order chi connectivity index (χ0) is 40.7. The lowest BCUT2D eigenvalue weighted by Crippen LogP contribution is -2.61. The van der Waals surface area contributed by atoms with E-state index in [-0.39, 0.29) is 6.42 Å². The highest BCUT2D eigenvalue weighted by Crippen LogP contribution is 2.26. The van der Waals surface area contributed by atoms with Crippen molar-refractivity contribution in [2.75, 3.05) is 13.2 Å². The van der Waals surface area contributed by atoms with Crippen molar-refractivity contribution < 1.29 is 57.0 Å². The Labute approximate surface area is 332 Å². The zero-order valence-electron chi connectivity index (χ0n) is 33.9. The molecular formula is C41H77NO12S. The van der Waals surface area contributed by atoms with E-state index in [0.29, 0.717) is 19.3 Å². The van der Waals surface area contributed by atoms with Crippen LogP contribution in [0.4, 0.5) is 0 Å². The van der Waals surface area contributed by atoms with E-state index in [1.807, 2.05) is 0 Å². The Morgan fingerprint density at radius 2 is 1.22 bits per heavy atom. The molecule has 8 unspecified atom stereocenters. The molecule has 0 bridgehead atoms. The first-order valence-corrected chi connectivity index (χ1v) is 22.7. The molecule has 1 fully saturated rings. The van der Waals surface area contributed by atoms with Crippen molar-refractivity contribution in [1.82, 2.24) is 5.32 Å².